The van der Waals surface area contributed by atoms with Gasteiger partial charge in [-0.1, -0.05) is 18.2 Å². The minimum absolute atomic E-state index is 0.280. The lowest BCUT2D eigenvalue weighted by molar-refractivity contribution is -0.138. The number of benzene rings is 1. The molecule has 4 nitrogen and oxygen atoms in total. The summed E-state index contributed by atoms with van der Waals surface area (Å²) in [4.78, 5) is 2.34. The van der Waals surface area contributed by atoms with Gasteiger partial charge < -0.3 is 14.6 Å². The van der Waals surface area contributed by atoms with E-state index in [1.807, 2.05) is 24.3 Å². The van der Waals surface area contributed by atoms with Gasteiger partial charge in [-0.3, -0.25) is 4.90 Å². The van der Waals surface area contributed by atoms with Crippen molar-refractivity contribution in [3.63, 3.8) is 0 Å². The predicted octanol–water partition coefficient (Wildman–Crippen LogP) is 1.38. The lowest BCUT2D eigenvalue weighted by Gasteiger charge is -2.50. The molecule has 3 rings (SSSR count). The van der Waals surface area contributed by atoms with Gasteiger partial charge in [0.1, 0.15) is 5.75 Å². The van der Waals surface area contributed by atoms with E-state index >= 15 is 0 Å². The van der Waals surface area contributed by atoms with E-state index in [4.69, 9.17) is 9.47 Å². The van der Waals surface area contributed by atoms with Crippen LogP contribution in [0, 0.1) is 0 Å². The van der Waals surface area contributed by atoms with Crippen LogP contribution in [-0.4, -0.2) is 49.5 Å². The van der Waals surface area contributed by atoms with Crippen molar-refractivity contribution in [3.05, 3.63) is 29.8 Å². The molecule has 2 unspecified atom stereocenters. The van der Waals surface area contributed by atoms with Gasteiger partial charge >= 0.3 is 0 Å². The van der Waals surface area contributed by atoms with Crippen molar-refractivity contribution in [3.8, 4) is 5.75 Å². The molecule has 0 spiro atoms. The van der Waals surface area contributed by atoms with Crippen LogP contribution in [0.25, 0.3) is 0 Å². The first-order valence-corrected chi connectivity index (χ1v) is 6.79. The largest absolute Gasteiger partial charge is 0.496 e. The highest BCUT2D eigenvalue weighted by Gasteiger charge is 2.46. The highest BCUT2D eigenvalue weighted by molar-refractivity contribution is 5.38. The Kier molecular flexibility index (Phi) is 3.25. The third kappa shape index (κ3) is 2.14. The van der Waals surface area contributed by atoms with E-state index < -0.39 is 5.60 Å². The summed E-state index contributed by atoms with van der Waals surface area (Å²) >= 11 is 0. The van der Waals surface area contributed by atoms with Crippen LogP contribution < -0.4 is 4.74 Å². The third-order valence-corrected chi connectivity index (χ3v) is 4.53. The van der Waals surface area contributed by atoms with E-state index in [0.29, 0.717) is 26.1 Å². The molecule has 0 amide bonds. The zero-order valence-electron chi connectivity index (χ0n) is 11.5. The molecule has 2 aliphatic rings. The third-order valence-electron chi connectivity index (χ3n) is 4.53. The van der Waals surface area contributed by atoms with E-state index in [-0.39, 0.29) is 12.1 Å². The molecule has 2 heterocycles. The van der Waals surface area contributed by atoms with Gasteiger partial charge in [-0.05, 0) is 26.0 Å². The number of hydrogen-bond donors (Lipinski definition) is 1. The summed E-state index contributed by atoms with van der Waals surface area (Å²) in [5.74, 6) is 0.772. The standard InChI is InChI=1S/C15H21NO3/c1-16-11-7-15(17,8-12(16)10-19-9-11)13-5-3-4-6-14(13)18-2/h3-6,11-12,17H,7-10H2,1-2H3. The van der Waals surface area contributed by atoms with Crippen LogP contribution in [0.2, 0.25) is 0 Å². The minimum Gasteiger partial charge on any atom is -0.496 e. The zero-order valence-corrected chi connectivity index (χ0v) is 11.5. The topological polar surface area (TPSA) is 41.9 Å². The molecule has 1 N–H and O–H groups in total. The maximum atomic E-state index is 11.1. The van der Waals surface area contributed by atoms with Gasteiger partial charge in [0.2, 0.25) is 0 Å². The van der Waals surface area contributed by atoms with Crippen LogP contribution in [0.3, 0.4) is 0 Å². The van der Waals surface area contributed by atoms with Gasteiger partial charge in [-0.25, -0.2) is 0 Å². The van der Waals surface area contributed by atoms with E-state index in [1.54, 1.807) is 7.11 Å². The zero-order chi connectivity index (χ0) is 13.5. The first-order chi connectivity index (χ1) is 9.14. The van der Waals surface area contributed by atoms with Gasteiger partial charge in [0.15, 0.2) is 0 Å². The van der Waals surface area contributed by atoms with Crippen LogP contribution in [0.15, 0.2) is 24.3 Å². The second kappa shape index (κ2) is 4.78. The molecule has 4 heteroatoms. The summed E-state index contributed by atoms with van der Waals surface area (Å²) in [5.41, 5.74) is 0.0978. The number of piperidine rings is 1. The van der Waals surface area contributed by atoms with Crippen LogP contribution in [-0.2, 0) is 10.3 Å². The minimum atomic E-state index is -0.807. The normalized spacial score (nSPS) is 35.1. The number of fused-ring (bicyclic) bond motifs is 2. The van der Waals surface area contributed by atoms with Gasteiger partial charge in [0, 0.05) is 17.6 Å². The van der Waals surface area contributed by atoms with Crippen molar-refractivity contribution >= 4 is 0 Å². The fourth-order valence-electron chi connectivity index (χ4n) is 3.39. The second-order valence-electron chi connectivity index (χ2n) is 5.65. The molecule has 0 saturated carbocycles. The number of methoxy groups -OCH3 is 1. The molecule has 2 atom stereocenters. The molecule has 2 aliphatic heterocycles. The number of ether oxygens (including phenoxy) is 2. The SMILES string of the molecule is COc1ccccc1C1(O)CC2COCC(C1)N2C. The summed E-state index contributed by atoms with van der Waals surface area (Å²) in [7, 11) is 3.78. The monoisotopic (exact) mass is 263 g/mol. The molecule has 2 bridgehead atoms. The lowest BCUT2D eigenvalue weighted by atomic mass is 9.77. The maximum Gasteiger partial charge on any atom is 0.124 e. The highest BCUT2D eigenvalue weighted by Crippen LogP contribution is 2.43. The van der Waals surface area contributed by atoms with E-state index in [9.17, 15) is 5.11 Å². The maximum absolute atomic E-state index is 11.1. The van der Waals surface area contributed by atoms with Gasteiger partial charge in [-0.15, -0.1) is 0 Å². The average molecular weight is 263 g/mol. The molecule has 2 saturated heterocycles. The van der Waals surface area contributed by atoms with Gasteiger partial charge in [-0.2, -0.15) is 0 Å². The summed E-state index contributed by atoms with van der Waals surface area (Å²) in [6.45, 7) is 1.40. The van der Waals surface area contributed by atoms with Gasteiger partial charge in [0.05, 0.1) is 25.9 Å². The number of hydrogen-bond acceptors (Lipinski definition) is 4. The number of nitrogens with zero attached hydrogens (tertiary/aromatic N) is 1. The number of likely N-dealkylation sites (N-methyl/N-ethyl adjacent to an activating group) is 1. The Hall–Kier alpha value is -1.10. The Balaban J connectivity index is 1.95. The van der Waals surface area contributed by atoms with Crippen LogP contribution >= 0.6 is 0 Å². The van der Waals surface area contributed by atoms with Crippen molar-refractivity contribution in [2.24, 2.45) is 0 Å². The second-order valence-corrected chi connectivity index (χ2v) is 5.65. The summed E-state index contributed by atoms with van der Waals surface area (Å²) in [6.07, 6.45) is 1.39. The van der Waals surface area contributed by atoms with Crippen molar-refractivity contribution < 1.29 is 14.6 Å². The molecule has 0 aromatic heterocycles. The highest BCUT2D eigenvalue weighted by atomic mass is 16.5. The van der Waals surface area contributed by atoms with Crippen LogP contribution in [0.5, 0.6) is 5.75 Å². The van der Waals surface area contributed by atoms with Crippen LogP contribution in [0.4, 0.5) is 0 Å². The summed E-state index contributed by atoms with van der Waals surface area (Å²) in [5, 5.41) is 11.1. The fourth-order valence-corrected chi connectivity index (χ4v) is 3.39. The molecule has 0 radical (unpaired) electrons. The molecule has 0 aliphatic carbocycles. The summed E-state index contributed by atoms with van der Waals surface area (Å²) < 4.78 is 11.0. The Bertz CT molecular complexity index is 448. The summed E-state index contributed by atoms with van der Waals surface area (Å²) in [6, 6.07) is 8.34. The van der Waals surface area contributed by atoms with E-state index in [2.05, 4.69) is 11.9 Å². The number of aliphatic hydroxyl groups is 1. The number of para-hydroxylation sites is 1. The molecule has 2 fully saturated rings. The van der Waals surface area contributed by atoms with Gasteiger partial charge in [0.25, 0.3) is 0 Å². The Morgan fingerprint density at radius 3 is 2.53 bits per heavy atom. The number of morpholine rings is 1. The average Bonchev–Trinajstić information content (AvgIpc) is 2.41. The van der Waals surface area contributed by atoms with Crippen molar-refractivity contribution in [1.82, 2.24) is 4.90 Å². The first-order valence-electron chi connectivity index (χ1n) is 6.79. The Morgan fingerprint density at radius 1 is 1.26 bits per heavy atom. The Labute approximate surface area is 113 Å². The number of rotatable bonds is 2. The van der Waals surface area contributed by atoms with Crippen molar-refractivity contribution in [1.29, 1.82) is 0 Å². The molecule has 1 aromatic rings. The fraction of sp³-hybridized carbons (Fsp3) is 0.600. The van der Waals surface area contributed by atoms with Crippen molar-refractivity contribution in [2.45, 2.75) is 30.5 Å². The molecule has 1 aromatic carbocycles. The Morgan fingerprint density at radius 2 is 1.89 bits per heavy atom. The molecule has 104 valence electrons. The van der Waals surface area contributed by atoms with Crippen LogP contribution in [0.1, 0.15) is 18.4 Å². The molecular weight excluding hydrogens is 242 g/mol. The predicted molar refractivity (Wildman–Crippen MR) is 72.3 cm³/mol. The molecular formula is C15H21NO3. The van der Waals surface area contributed by atoms with E-state index in [1.165, 1.54) is 0 Å². The quantitative estimate of drug-likeness (QED) is 0.875. The lowest BCUT2D eigenvalue weighted by Crippen LogP contribution is -2.59. The smallest absolute Gasteiger partial charge is 0.124 e. The van der Waals surface area contributed by atoms with E-state index in [0.717, 1.165) is 11.3 Å². The van der Waals surface area contributed by atoms with Crippen molar-refractivity contribution in [2.75, 3.05) is 27.4 Å². The molecule has 19 heavy (non-hydrogen) atoms. The first kappa shape index (κ1) is 12.9.